The Morgan fingerprint density at radius 1 is 1.14 bits per heavy atom. The van der Waals surface area contributed by atoms with Gasteiger partial charge in [0.1, 0.15) is 24.0 Å². The van der Waals surface area contributed by atoms with Crippen molar-refractivity contribution in [2.24, 2.45) is 0 Å². The van der Waals surface area contributed by atoms with Gasteiger partial charge < -0.3 is 10.2 Å². The van der Waals surface area contributed by atoms with Crippen molar-refractivity contribution in [3.63, 3.8) is 0 Å². The largest absolute Gasteiger partial charge is 0.377 e. The molecule has 0 bridgehead atoms. The topological polar surface area (TPSA) is 107 Å². The van der Waals surface area contributed by atoms with Crippen molar-refractivity contribution in [2.45, 2.75) is 13.0 Å². The monoisotopic (exact) mass is 527 g/mol. The highest BCUT2D eigenvalue weighted by molar-refractivity contribution is 7.88. The van der Waals surface area contributed by atoms with Crippen molar-refractivity contribution < 1.29 is 12.8 Å². The summed E-state index contributed by atoms with van der Waals surface area (Å²) in [6.07, 6.45) is 2.79. The van der Waals surface area contributed by atoms with Gasteiger partial charge in [0.2, 0.25) is 10.0 Å². The number of anilines is 2. The van der Waals surface area contributed by atoms with E-state index in [-0.39, 0.29) is 6.04 Å². The maximum absolute atomic E-state index is 14.8. The number of fused-ring (bicyclic) bond motifs is 3. The fourth-order valence-electron chi connectivity index (χ4n) is 4.67. The van der Waals surface area contributed by atoms with Crippen LogP contribution in [0.2, 0.25) is 5.02 Å². The van der Waals surface area contributed by atoms with Gasteiger partial charge in [0.15, 0.2) is 5.65 Å². The summed E-state index contributed by atoms with van der Waals surface area (Å²) in [5.41, 5.74) is 2.17. The smallest absolute Gasteiger partial charge is 0.211 e. The molecule has 1 aliphatic rings. The van der Waals surface area contributed by atoms with Gasteiger partial charge in [0.25, 0.3) is 0 Å². The lowest BCUT2D eigenvalue weighted by molar-refractivity contribution is 0.386. The lowest BCUT2D eigenvalue weighted by atomic mass is 9.99. The van der Waals surface area contributed by atoms with E-state index in [0.29, 0.717) is 59.0 Å². The van der Waals surface area contributed by atoms with E-state index in [0.717, 1.165) is 11.2 Å². The molecule has 9 nitrogen and oxygen atoms in total. The first-order chi connectivity index (χ1) is 17.2. The van der Waals surface area contributed by atoms with Gasteiger partial charge in [0.05, 0.1) is 17.5 Å². The first-order valence-corrected chi connectivity index (χ1v) is 13.5. The van der Waals surface area contributed by atoms with Crippen LogP contribution in [0.3, 0.4) is 0 Å². The Balaban J connectivity index is 1.59. The number of nitrogens with zero attached hydrogens (tertiary/aromatic N) is 6. The van der Waals surface area contributed by atoms with Crippen molar-refractivity contribution in [3.8, 4) is 6.07 Å². The Hall–Kier alpha value is -3.46. The molecule has 186 valence electrons. The van der Waals surface area contributed by atoms with E-state index >= 15 is 0 Å². The van der Waals surface area contributed by atoms with Gasteiger partial charge in [-0.2, -0.15) is 9.57 Å². The Morgan fingerprint density at radius 3 is 2.58 bits per heavy atom. The van der Waals surface area contributed by atoms with Gasteiger partial charge in [-0.3, -0.25) is 4.40 Å². The third-order valence-electron chi connectivity index (χ3n) is 6.46. The highest BCUT2D eigenvalue weighted by Gasteiger charge is 2.26. The quantitative estimate of drug-likeness (QED) is 0.420. The van der Waals surface area contributed by atoms with Crippen LogP contribution in [0.15, 0.2) is 42.7 Å². The third kappa shape index (κ3) is 4.43. The van der Waals surface area contributed by atoms with Crippen molar-refractivity contribution in [1.82, 2.24) is 18.9 Å². The molecule has 1 aliphatic heterocycles. The van der Waals surface area contributed by atoms with Crippen LogP contribution < -0.4 is 10.2 Å². The molecule has 4 aromatic rings. The second kappa shape index (κ2) is 9.20. The lowest BCUT2D eigenvalue weighted by Crippen LogP contribution is -2.48. The molecule has 36 heavy (non-hydrogen) atoms. The third-order valence-corrected chi connectivity index (χ3v) is 8.00. The molecule has 0 saturated carbocycles. The molecule has 3 heterocycles. The molecule has 2 aromatic carbocycles. The van der Waals surface area contributed by atoms with Gasteiger partial charge in [-0.25, -0.2) is 12.8 Å². The average molecular weight is 528 g/mol. The fourth-order valence-corrected chi connectivity index (χ4v) is 5.67. The molecule has 0 spiro atoms. The van der Waals surface area contributed by atoms with Crippen LogP contribution in [0.1, 0.15) is 24.1 Å². The maximum Gasteiger partial charge on any atom is 0.211 e. The number of sulfonamides is 1. The Labute approximate surface area is 212 Å². The standard InChI is InChI=1S/C24H23ClFN7O2S/c1-15(29-22-4-3-17(25)9-16(22)13-27)19-10-18(26)11-21-20(19)12-23(33-14-28-30-24(21)33)31-5-7-32(8-6-31)36(2,34)35/h3-4,9-12,14-15,29H,5-8H2,1-2H3/t15-/m1/s1. The van der Waals surface area contributed by atoms with Gasteiger partial charge in [0, 0.05) is 42.6 Å². The minimum Gasteiger partial charge on any atom is -0.377 e. The number of halogens is 2. The maximum atomic E-state index is 14.8. The fraction of sp³-hybridized carbons (Fsp3) is 0.292. The van der Waals surface area contributed by atoms with Crippen molar-refractivity contribution >= 4 is 49.5 Å². The zero-order valence-corrected chi connectivity index (χ0v) is 21.2. The summed E-state index contributed by atoms with van der Waals surface area (Å²) in [5.74, 6) is 0.377. The predicted octanol–water partition coefficient (Wildman–Crippen LogP) is 3.80. The van der Waals surface area contributed by atoms with E-state index in [1.807, 2.05) is 13.0 Å². The van der Waals surface area contributed by atoms with Gasteiger partial charge >= 0.3 is 0 Å². The molecule has 1 atom stereocenters. The molecule has 1 saturated heterocycles. The van der Waals surface area contributed by atoms with E-state index in [1.165, 1.54) is 22.7 Å². The number of rotatable bonds is 5. The minimum absolute atomic E-state index is 0.363. The number of pyridine rings is 1. The Kier molecular flexibility index (Phi) is 6.20. The molecule has 0 amide bonds. The number of nitriles is 1. The van der Waals surface area contributed by atoms with Gasteiger partial charge in [-0.1, -0.05) is 11.6 Å². The first-order valence-electron chi connectivity index (χ1n) is 11.3. The number of hydrogen-bond donors (Lipinski definition) is 1. The number of benzene rings is 2. The Morgan fingerprint density at radius 2 is 1.89 bits per heavy atom. The number of nitrogens with one attached hydrogen (secondary N) is 1. The summed E-state index contributed by atoms with van der Waals surface area (Å²) in [6.45, 7) is 3.60. The first kappa shape index (κ1) is 24.2. The van der Waals surface area contributed by atoms with Crippen LogP contribution >= 0.6 is 11.6 Å². The molecule has 1 fully saturated rings. The van der Waals surface area contributed by atoms with Crippen molar-refractivity contribution in [2.75, 3.05) is 42.7 Å². The lowest BCUT2D eigenvalue weighted by Gasteiger charge is -2.35. The molecule has 0 unspecified atom stereocenters. The van der Waals surface area contributed by atoms with Crippen LogP contribution in [0.25, 0.3) is 16.4 Å². The van der Waals surface area contributed by atoms with Crippen LogP contribution in [0, 0.1) is 17.1 Å². The van der Waals surface area contributed by atoms with Crippen molar-refractivity contribution in [1.29, 1.82) is 5.26 Å². The molecule has 5 rings (SSSR count). The molecule has 1 N–H and O–H groups in total. The zero-order chi connectivity index (χ0) is 25.6. The average Bonchev–Trinajstić information content (AvgIpc) is 3.34. The molecule has 0 aliphatic carbocycles. The highest BCUT2D eigenvalue weighted by atomic mass is 35.5. The number of piperazine rings is 1. The summed E-state index contributed by atoms with van der Waals surface area (Å²) in [4.78, 5) is 2.08. The molecular weight excluding hydrogens is 505 g/mol. The predicted molar refractivity (Wildman–Crippen MR) is 137 cm³/mol. The SMILES string of the molecule is C[C@@H](Nc1ccc(Cl)cc1C#N)c1cc(F)cc2c1cc(N1CCN(S(C)(=O)=O)CC1)n1cnnc21. The summed E-state index contributed by atoms with van der Waals surface area (Å²) in [6, 6.07) is 11.6. The van der Waals surface area contributed by atoms with E-state index in [4.69, 9.17) is 11.6 Å². The second-order valence-electron chi connectivity index (χ2n) is 8.80. The van der Waals surface area contributed by atoms with Gasteiger partial charge in [-0.15, -0.1) is 10.2 Å². The van der Waals surface area contributed by atoms with Crippen LogP contribution in [0.5, 0.6) is 0 Å². The summed E-state index contributed by atoms with van der Waals surface area (Å²) >= 11 is 6.03. The second-order valence-corrected chi connectivity index (χ2v) is 11.2. The highest BCUT2D eigenvalue weighted by Crippen LogP contribution is 2.34. The van der Waals surface area contributed by atoms with E-state index < -0.39 is 15.8 Å². The van der Waals surface area contributed by atoms with E-state index in [9.17, 15) is 18.1 Å². The number of hydrogen-bond acceptors (Lipinski definition) is 7. The summed E-state index contributed by atoms with van der Waals surface area (Å²) < 4.78 is 42.0. The van der Waals surface area contributed by atoms with Crippen molar-refractivity contribution in [3.05, 3.63) is 64.7 Å². The molecule has 2 aromatic heterocycles. The Bertz CT molecular complexity index is 1630. The minimum atomic E-state index is -3.26. The van der Waals surface area contributed by atoms with Gasteiger partial charge in [-0.05, 0) is 54.3 Å². The van der Waals surface area contributed by atoms with Crippen LogP contribution in [-0.2, 0) is 10.0 Å². The van der Waals surface area contributed by atoms with Crippen LogP contribution in [-0.4, -0.2) is 59.8 Å². The summed E-state index contributed by atoms with van der Waals surface area (Å²) in [7, 11) is -3.26. The zero-order valence-electron chi connectivity index (χ0n) is 19.6. The molecular formula is C24H23ClFN7O2S. The van der Waals surface area contributed by atoms with E-state index in [1.54, 1.807) is 28.9 Å². The van der Waals surface area contributed by atoms with Crippen LogP contribution in [0.4, 0.5) is 15.9 Å². The summed E-state index contributed by atoms with van der Waals surface area (Å²) in [5, 5.41) is 23.0. The molecule has 0 radical (unpaired) electrons. The van der Waals surface area contributed by atoms with E-state index in [2.05, 4.69) is 26.5 Å². The molecule has 12 heteroatoms. The normalized spacial score (nSPS) is 15.8. The number of aromatic nitrogens is 3.